The average molecular weight is 430 g/mol. The highest BCUT2D eigenvalue weighted by atomic mass is 32.2. The van der Waals surface area contributed by atoms with E-state index in [1.54, 1.807) is 25.7 Å². The fourth-order valence-corrected chi connectivity index (χ4v) is 4.40. The van der Waals surface area contributed by atoms with Gasteiger partial charge in [0.05, 0.1) is 12.7 Å². The zero-order valence-corrected chi connectivity index (χ0v) is 18.1. The van der Waals surface area contributed by atoms with Crippen molar-refractivity contribution in [2.75, 3.05) is 19.5 Å². The van der Waals surface area contributed by atoms with Gasteiger partial charge in [-0.2, -0.15) is 10.6 Å². The van der Waals surface area contributed by atoms with Gasteiger partial charge in [0, 0.05) is 29.8 Å². The second-order valence-electron chi connectivity index (χ2n) is 7.29. The first-order valence-corrected chi connectivity index (χ1v) is 10.7. The van der Waals surface area contributed by atoms with Crippen LogP contribution in [0.2, 0.25) is 0 Å². The predicted octanol–water partition coefficient (Wildman–Crippen LogP) is 2.48. The number of amidine groups is 1. The molecule has 3 rings (SSSR count). The minimum Gasteiger partial charge on any atom is -0.322 e. The van der Waals surface area contributed by atoms with Gasteiger partial charge in [0.2, 0.25) is 5.17 Å². The van der Waals surface area contributed by atoms with E-state index in [1.165, 1.54) is 48.0 Å². The van der Waals surface area contributed by atoms with Gasteiger partial charge >= 0.3 is 0 Å². The highest BCUT2D eigenvalue weighted by Crippen LogP contribution is 2.34. The summed E-state index contributed by atoms with van der Waals surface area (Å²) < 4.78 is 0. The molecule has 0 aromatic heterocycles. The van der Waals surface area contributed by atoms with Crippen molar-refractivity contribution < 1.29 is 15.1 Å². The quantitative estimate of drug-likeness (QED) is 0.140. The summed E-state index contributed by atoms with van der Waals surface area (Å²) in [6.07, 6.45) is 5.08. The van der Waals surface area contributed by atoms with Gasteiger partial charge in [0.1, 0.15) is 0 Å². The summed E-state index contributed by atoms with van der Waals surface area (Å²) in [5.41, 5.74) is 4.93. The Kier molecular flexibility index (Phi) is 7.69. The molecular weight excluding hydrogens is 400 g/mol. The summed E-state index contributed by atoms with van der Waals surface area (Å²) in [7, 11) is 3.20. The van der Waals surface area contributed by atoms with Crippen molar-refractivity contribution in [1.82, 2.24) is 5.01 Å². The molecule has 7 N–H and O–H groups in total. The lowest BCUT2D eigenvalue weighted by Crippen LogP contribution is -2.75. The third-order valence-electron chi connectivity index (χ3n) is 5.11. The predicted molar refractivity (Wildman–Crippen MR) is 120 cm³/mol. The first-order valence-electron chi connectivity index (χ1n) is 9.87. The van der Waals surface area contributed by atoms with E-state index >= 15 is 0 Å². The van der Waals surface area contributed by atoms with Gasteiger partial charge in [-0.05, 0) is 54.3 Å². The van der Waals surface area contributed by atoms with Crippen LogP contribution in [0.5, 0.6) is 0 Å². The molecule has 8 nitrogen and oxygen atoms in total. The molecule has 2 aromatic carbocycles. The number of quaternary nitrogens is 1. The van der Waals surface area contributed by atoms with Crippen molar-refractivity contribution >= 4 is 34.2 Å². The molecule has 0 unspecified atom stereocenters. The summed E-state index contributed by atoms with van der Waals surface area (Å²) in [6, 6.07) is 13.6. The summed E-state index contributed by atoms with van der Waals surface area (Å²) in [6.45, 7) is 0. The van der Waals surface area contributed by atoms with Crippen molar-refractivity contribution in [3.05, 3.63) is 53.6 Å². The minimum absolute atomic E-state index is 0.228. The first-order chi connectivity index (χ1) is 14.5. The van der Waals surface area contributed by atoms with E-state index in [-0.39, 0.29) is 5.91 Å². The summed E-state index contributed by atoms with van der Waals surface area (Å²) in [4.78, 5) is 18.8. The topological polar surface area (TPSA) is 123 Å². The largest absolute Gasteiger partial charge is 0.322 e. The molecule has 160 valence electrons. The Morgan fingerprint density at radius 3 is 2.53 bits per heavy atom. The van der Waals surface area contributed by atoms with Gasteiger partial charge in [-0.15, -0.1) is 0 Å². The number of nitrogens with two attached hydrogens (primary N) is 3. The van der Waals surface area contributed by atoms with Gasteiger partial charge in [0.15, 0.2) is 5.69 Å². The zero-order chi connectivity index (χ0) is 21.5. The van der Waals surface area contributed by atoms with Crippen LogP contribution in [0.3, 0.4) is 0 Å². The van der Waals surface area contributed by atoms with E-state index in [1.807, 2.05) is 24.3 Å². The molecule has 0 atom stereocenters. The Hall–Kier alpha value is -2.59. The van der Waals surface area contributed by atoms with Gasteiger partial charge in [0.25, 0.3) is 5.91 Å². The van der Waals surface area contributed by atoms with Gasteiger partial charge < -0.3 is 11.2 Å². The summed E-state index contributed by atoms with van der Waals surface area (Å²) >= 11 is 1.22. The molecule has 2 aromatic rings. The monoisotopic (exact) mass is 429 g/mol. The molecule has 1 amide bonds. The standard InChI is InChI=1S/C21H28N6O2S/c1-27(23)21(25-22)30-19-12-11-17(26-29-2)13-18(19)20(28)24-16-9-7-15(8-10-16)14-5-3-4-6-14/h7-14,26H,3-6,22-23H2,1-2H3,(H,24,28)/p+1/b25-21+. The maximum atomic E-state index is 13.1. The van der Waals surface area contributed by atoms with Crippen LogP contribution >= 0.6 is 11.8 Å². The number of amides is 1. The Morgan fingerprint density at radius 1 is 1.23 bits per heavy atom. The van der Waals surface area contributed by atoms with E-state index in [9.17, 15) is 4.79 Å². The van der Waals surface area contributed by atoms with Crippen molar-refractivity contribution in [3.8, 4) is 0 Å². The number of rotatable bonds is 6. The maximum Gasteiger partial charge on any atom is 0.257 e. The van der Waals surface area contributed by atoms with Gasteiger partial charge in [-0.1, -0.05) is 25.0 Å². The molecule has 1 saturated carbocycles. The summed E-state index contributed by atoms with van der Waals surface area (Å²) in [5.74, 6) is 11.6. The van der Waals surface area contributed by atoms with Crippen LogP contribution < -0.4 is 22.5 Å². The molecule has 0 aliphatic heterocycles. The molecule has 0 radical (unpaired) electrons. The second-order valence-corrected chi connectivity index (χ2v) is 8.30. The van der Waals surface area contributed by atoms with E-state index in [0.29, 0.717) is 21.5 Å². The number of hydrazine groups is 1. The Labute approximate surface area is 180 Å². The Balaban J connectivity index is 1.81. The fourth-order valence-electron chi connectivity index (χ4n) is 3.61. The van der Waals surface area contributed by atoms with Crippen LogP contribution in [0.1, 0.15) is 47.5 Å². The van der Waals surface area contributed by atoms with Crippen molar-refractivity contribution in [1.29, 1.82) is 0 Å². The third kappa shape index (κ3) is 5.51. The smallest absolute Gasteiger partial charge is 0.257 e. The zero-order valence-electron chi connectivity index (χ0n) is 17.3. The molecule has 1 aliphatic rings. The molecule has 1 aliphatic carbocycles. The van der Waals surface area contributed by atoms with E-state index in [2.05, 4.69) is 22.6 Å². The normalized spacial score (nSPS) is 14.7. The molecule has 30 heavy (non-hydrogen) atoms. The Bertz CT molecular complexity index is 895. The van der Waals surface area contributed by atoms with Gasteiger partial charge in [-0.25, -0.2) is 10.7 Å². The van der Waals surface area contributed by atoms with Crippen molar-refractivity contribution in [3.63, 3.8) is 0 Å². The lowest BCUT2D eigenvalue weighted by atomic mass is 9.97. The Morgan fingerprint density at radius 2 is 1.93 bits per heavy atom. The molecule has 0 saturated heterocycles. The van der Waals surface area contributed by atoms with E-state index in [4.69, 9.17) is 16.5 Å². The van der Waals surface area contributed by atoms with Crippen LogP contribution in [0, 0.1) is 0 Å². The molecule has 0 heterocycles. The highest BCUT2D eigenvalue weighted by molar-refractivity contribution is 8.13. The van der Waals surface area contributed by atoms with E-state index in [0.717, 1.165) is 11.4 Å². The number of hydrogen-bond acceptors (Lipinski definition) is 6. The molecule has 0 spiro atoms. The molecule has 1 fully saturated rings. The van der Waals surface area contributed by atoms with Crippen molar-refractivity contribution in [2.45, 2.75) is 36.5 Å². The number of thioether (sulfide) groups is 1. The number of nitrogens with one attached hydrogen (secondary N) is 1. The molecule has 0 bridgehead atoms. The maximum absolute atomic E-state index is 13.1. The van der Waals surface area contributed by atoms with Crippen LogP contribution in [0.4, 0.5) is 11.4 Å². The highest BCUT2D eigenvalue weighted by Gasteiger charge is 2.19. The number of carbonyl (C=O) groups is 1. The van der Waals surface area contributed by atoms with Crippen molar-refractivity contribution in [2.24, 2.45) is 16.8 Å². The fraction of sp³-hybridized carbons (Fsp3) is 0.333. The second kappa shape index (κ2) is 10.4. The first kappa shape index (κ1) is 22.1. The van der Waals surface area contributed by atoms with Crippen LogP contribution in [-0.2, 0) is 4.84 Å². The number of hydrogen-bond donors (Lipinski definition) is 4. The van der Waals surface area contributed by atoms with Crippen LogP contribution in [-0.4, -0.2) is 30.2 Å². The summed E-state index contributed by atoms with van der Waals surface area (Å²) in [5, 5.41) is 8.36. The van der Waals surface area contributed by atoms with Gasteiger partial charge in [-0.3, -0.25) is 9.80 Å². The lowest BCUT2D eigenvalue weighted by molar-refractivity contribution is -0.830. The lowest BCUT2D eigenvalue weighted by Gasteiger charge is -2.16. The number of benzene rings is 2. The number of carbonyl (C=O) groups excluding carboxylic acids is 1. The van der Waals surface area contributed by atoms with Crippen LogP contribution in [0.15, 0.2) is 52.5 Å². The van der Waals surface area contributed by atoms with E-state index < -0.39 is 0 Å². The number of anilines is 1. The molecular formula is C21H29N6O2S+. The number of nitrogens with zero attached hydrogens (tertiary/aromatic N) is 2. The SMILES string of the molecule is CO[NH2+]c1ccc(S/C(=N/N)N(C)N)c(C(=O)Nc2ccc(C3CCCC3)cc2)c1. The van der Waals surface area contributed by atoms with Crippen LogP contribution in [0.25, 0.3) is 0 Å². The molecule has 9 heteroatoms. The average Bonchev–Trinajstić information content (AvgIpc) is 3.28. The minimum atomic E-state index is -0.228. The third-order valence-corrected chi connectivity index (χ3v) is 6.26. The number of hydrazone groups is 1.